The summed E-state index contributed by atoms with van der Waals surface area (Å²) in [5, 5.41) is 7.81. The summed E-state index contributed by atoms with van der Waals surface area (Å²) in [6.07, 6.45) is 2.02. The maximum atomic E-state index is 12.3. The molecule has 3 rings (SSSR count). The topological polar surface area (TPSA) is 74.3 Å². The molecule has 0 saturated heterocycles. The molecule has 0 N–H and O–H groups in total. The summed E-state index contributed by atoms with van der Waals surface area (Å²) >= 11 is 3.27. The second-order valence-corrected chi connectivity index (χ2v) is 8.31. The molecule has 2 aromatic carbocycles. The molecule has 0 aliphatic rings. The molecule has 0 unspecified atom stereocenters. The molecule has 1 heterocycles. The van der Waals surface area contributed by atoms with E-state index in [1.807, 2.05) is 55.6 Å². The van der Waals surface area contributed by atoms with Crippen molar-refractivity contribution in [1.82, 2.24) is 19.8 Å². The van der Waals surface area contributed by atoms with Crippen molar-refractivity contribution in [3.8, 4) is 11.4 Å². The average molecular weight is 430 g/mol. The third-order valence-electron chi connectivity index (χ3n) is 4.37. The maximum absolute atomic E-state index is 12.3. The SMILES string of the molecule is COc1cccc(CN=C(SC)SCc2c(C)cccc2-n2nnn(C)c2=O)c1. The van der Waals surface area contributed by atoms with E-state index in [0.717, 1.165) is 32.5 Å². The lowest BCUT2D eigenvalue weighted by Crippen LogP contribution is -2.23. The number of nitrogens with zero attached hydrogens (tertiary/aromatic N) is 5. The number of aryl methyl sites for hydroxylation is 2. The average Bonchev–Trinajstić information content (AvgIpc) is 3.07. The Kier molecular flexibility index (Phi) is 7.16. The molecular formula is C20H23N5O2S2. The predicted molar refractivity (Wildman–Crippen MR) is 120 cm³/mol. The Labute approximate surface area is 178 Å². The maximum Gasteiger partial charge on any atom is 0.368 e. The van der Waals surface area contributed by atoms with Crippen LogP contribution in [0.3, 0.4) is 0 Å². The van der Waals surface area contributed by atoms with Gasteiger partial charge in [-0.1, -0.05) is 36.0 Å². The van der Waals surface area contributed by atoms with E-state index in [9.17, 15) is 4.79 Å². The van der Waals surface area contributed by atoms with Crippen LogP contribution < -0.4 is 10.4 Å². The van der Waals surface area contributed by atoms with Crippen LogP contribution in [0, 0.1) is 6.92 Å². The lowest BCUT2D eigenvalue weighted by atomic mass is 10.1. The first-order chi connectivity index (χ1) is 14.0. The van der Waals surface area contributed by atoms with Crippen molar-refractivity contribution in [2.24, 2.45) is 12.0 Å². The molecule has 0 amide bonds. The van der Waals surface area contributed by atoms with Crippen molar-refractivity contribution >= 4 is 27.9 Å². The highest BCUT2D eigenvalue weighted by Gasteiger charge is 2.14. The highest BCUT2D eigenvalue weighted by atomic mass is 32.2. The monoisotopic (exact) mass is 429 g/mol. The van der Waals surface area contributed by atoms with Crippen LogP contribution in [0.5, 0.6) is 5.75 Å². The molecule has 152 valence electrons. The summed E-state index contributed by atoms with van der Waals surface area (Å²) in [6, 6.07) is 13.8. The van der Waals surface area contributed by atoms with E-state index in [4.69, 9.17) is 9.73 Å². The van der Waals surface area contributed by atoms with Gasteiger partial charge in [0.1, 0.15) is 10.1 Å². The molecule has 0 spiro atoms. The Bertz CT molecular complexity index is 1070. The molecule has 0 radical (unpaired) electrons. The van der Waals surface area contributed by atoms with Crippen LogP contribution in [0.25, 0.3) is 5.69 Å². The van der Waals surface area contributed by atoms with Crippen LogP contribution in [0.1, 0.15) is 16.7 Å². The number of hydrogen-bond donors (Lipinski definition) is 0. The predicted octanol–water partition coefficient (Wildman–Crippen LogP) is 3.44. The summed E-state index contributed by atoms with van der Waals surface area (Å²) in [7, 11) is 3.25. The second kappa shape index (κ2) is 9.80. The molecule has 7 nitrogen and oxygen atoms in total. The van der Waals surface area contributed by atoms with Gasteiger partial charge in [-0.25, -0.2) is 4.79 Å². The molecule has 0 saturated carbocycles. The van der Waals surface area contributed by atoms with Gasteiger partial charge in [0.2, 0.25) is 0 Å². The van der Waals surface area contributed by atoms with Gasteiger partial charge in [0.05, 0.1) is 19.3 Å². The number of aromatic nitrogens is 4. The van der Waals surface area contributed by atoms with Crippen molar-refractivity contribution in [1.29, 1.82) is 0 Å². The number of hydrogen-bond acceptors (Lipinski definition) is 7. The van der Waals surface area contributed by atoms with E-state index in [1.54, 1.807) is 37.7 Å². The highest BCUT2D eigenvalue weighted by Crippen LogP contribution is 2.26. The van der Waals surface area contributed by atoms with Crippen molar-refractivity contribution in [3.63, 3.8) is 0 Å². The normalized spacial score (nSPS) is 11.7. The van der Waals surface area contributed by atoms with E-state index < -0.39 is 0 Å². The largest absolute Gasteiger partial charge is 0.497 e. The minimum absolute atomic E-state index is 0.265. The van der Waals surface area contributed by atoms with Crippen molar-refractivity contribution in [3.05, 3.63) is 69.6 Å². The number of methoxy groups -OCH3 is 1. The summed E-state index contributed by atoms with van der Waals surface area (Å²) in [4.78, 5) is 17.0. The second-order valence-electron chi connectivity index (χ2n) is 6.30. The zero-order chi connectivity index (χ0) is 20.8. The fourth-order valence-electron chi connectivity index (χ4n) is 2.77. The van der Waals surface area contributed by atoms with Crippen molar-refractivity contribution in [2.45, 2.75) is 19.2 Å². The molecule has 3 aromatic rings. The number of tetrazole rings is 1. The summed E-state index contributed by atoms with van der Waals surface area (Å²) in [5.41, 5.74) is 3.73. The molecule has 0 aliphatic carbocycles. The molecule has 0 atom stereocenters. The zero-order valence-electron chi connectivity index (χ0n) is 16.8. The van der Waals surface area contributed by atoms with Gasteiger partial charge in [-0.15, -0.1) is 11.8 Å². The number of benzene rings is 2. The Morgan fingerprint density at radius 2 is 2.00 bits per heavy atom. The Morgan fingerprint density at radius 1 is 1.21 bits per heavy atom. The van der Waals surface area contributed by atoms with Crippen molar-refractivity contribution in [2.75, 3.05) is 13.4 Å². The van der Waals surface area contributed by atoms with Gasteiger partial charge in [-0.05, 0) is 58.5 Å². The van der Waals surface area contributed by atoms with Gasteiger partial charge < -0.3 is 4.74 Å². The number of aliphatic imine (C=N–C) groups is 1. The van der Waals surface area contributed by atoms with Crippen LogP contribution in [0.4, 0.5) is 0 Å². The van der Waals surface area contributed by atoms with E-state index in [2.05, 4.69) is 10.4 Å². The van der Waals surface area contributed by atoms with Gasteiger partial charge >= 0.3 is 5.69 Å². The fraction of sp³-hybridized carbons (Fsp3) is 0.300. The molecule has 9 heteroatoms. The summed E-state index contributed by atoms with van der Waals surface area (Å²) in [5.74, 6) is 1.51. The molecule has 0 bridgehead atoms. The van der Waals surface area contributed by atoms with Gasteiger partial charge in [0.25, 0.3) is 0 Å². The van der Waals surface area contributed by atoms with Crippen LogP contribution in [-0.4, -0.2) is 37.5 Å². The van der Waals surface area contributed by atoms with Crippen molar-refractivity contribution < 1.29 is 4.74 Å². The van der Waals surface area contributed by atoms with Crippen LogP contribution in [0.15, 0.2) is 52.3 Å². The van der Waals surface area contributed by atoms with Crippen LogP contribution in [-0.2, 0) is 19.3 Å². The van der Waals surface area contributed by atoms with Crippen LogP contribution in [0.2, 0.25) is 0 Å². The molecule has 0 fully saturated rings. The van der Waals surface area contributed by atoms with Gasteiger partial charge in [-0.2, -0.15) is 9.36 Å². The third-order valence-corrected chi connectivity index (χ3v) is 6.52. The van der Waals surface area contributed by atoms with Gasteiger partial charge in [0.15, 0.2) is 0 Å². The first-order valence-electron chi connectivity index (χ1n) is 8.95. The Morgan fingerprint density at radius 3 is 2.69 bits per heavy atom. The minimum atomic E-state index is -0.265. The quantitative estimate of drug-likeness (QED) is 0.441. The summed E-state index contributed by atoms with van der Waals surface area (Å²) < 4.78 is 8.82. The van der Waals surface area contributed by atoms with E-state index >= 15 is 0 Å². The van der Waals surface area contributed by atoms with E-state index in [1.165, 1.54) is 9.36 Å². The smallest absolute Gasteiger partial charge is 0.368 e. The number of thioether (sulfide) groups is 2. The number of rotatable bonds is 6. The Balaban J connectivity index is 1.79. The number of ether oxygens (including phenoxy) is 1. The lowest BCUT2D eigenvalue weighted by Gasteiger charge is -2.11. The van der Waals surface area contributed by atoms with E-state index in [-0.39, 0.29) is 5.69 Å². The van der Waals surface area contributed by atoms with Gasteiger partial charge in [0, 0.05) is 12.8 Å². The first kappa shape index (κ1) is 21.2. The standard InChI is InChI=1S/C20H23N5O2S2/c1-14-7-5-10-18(25-20(26)24(2)22-23-25)17(14)13-29-19(28-4)21-12-15-8-6-9-16(11-15)27-3/h5-11H,12-13H2,1-4H3. The van der Waals surface area contributed by atoms with E-state index in [0.29, 0.717) is 12.3 Å². The minimum Gasteiger partial charge on any atom is -0.497 e. The molecular weight excluding hydrogens is 406 g/mol. The first-order valence-corrected chi connectivity index (χ1v) is 11.2. The lowest BCUT2D eigenvalue weighted by molar-refractivity contribution is 0.414. The third kappa shape index (κ3) is 5.10. The Hall–Kier alpha value is -2.52. The highest BCUT2D eigenvalue weighted by molar-refractivity contribution is 8.38. The molecule has 0 aliphatic heterocycles. The van der Waals surface area contributed by atoms with Crippen LogP contribution >= 0.6 is 23.5 Å². The summed E-state index contributed by atoms with van der Waals surface area (Å²) in [6.45, 7) is 2.62. The molecule has 29 heavy (non-hydrogen) atoms. The zero-order valence-corrected chi connectivity index (χ0v) is 18.5. The fourth-order valence-corrected chi connectivity index (χ4v) is 4.41. The van der Waals surface area contributed by atoms with Gasteiger partial charge in [-0.3, -0.25) is 4.99 Å². The molecule has 1 aromatic heterocycles.